The van der Waals surface area contributed by atoms with E-state index in [0.717, 1.165) is 28.8 Å². The summed E-state index contributed by atoms with van der Waals surface area (Å²) in [5.74, 6) is -2.91. The number of hydrogen-bond acceptors (Lipinski definition) is 4. The normalized spacial score (nSPS) is 20.5. The van der Waals surface area contributed by atoms with Crippen molar-refractivity contribution in [3.63, 3.8) is 0 Å². The van der Waals surface area contributed by atoms with Crippen LogP contribution in [0.2, 0.25) is 0 Å². The molecule has 1 fully saturated rings. The average molecular weight is 478 g/mol. The second-order valence-electron chi connectivity index (χ2n) is 10.4. The Kier molecular flexibility index (Phi) is 5.16. The molecule has 35 heavy (non-hydrogen) atoms. The van der Waals surface area contributed by atoms with Gasteiger partial charge in [-0.15, -0.1) is 0 Å². The Morgan fingerprint density at radius 1 is 1.34 bits per heavy atom. The number of pyridine rings is 1. The number of nitrogens with zero attached hydrogens (tertiary/aromatic N) is 4. The zero-order valence-corrected chi connectivity index (χ0v) is 19.7. The molecule has 1 aliphatic rings. The molecule has 0 radical (unpaired) electrons. The lowest BCUT2D eigenvalue weighted by Gasteiger charge is -2.28. The zero-order chi connectivity index (χ0) is 25.1. The highest BCUT2D eigenvalue weighted by atomic mass is 19.2. The number of aromatic nitrogens is 4. The molecule has 0 spiro atoms. The standard InChI is InChI=1S/C26H25F2N5O2/c1-25(2,8-9-29)22-20(14-6-7-26(3,12-14)24(34)35)21-19(10-15-13-30-32-23(15)31-21)33(22)16-4-5-17(27)18(28)11-16/h4-5,10-11,13-14H,6-8,12H2,1-3H3,(H,34,35)(H,30,31,32)/t14-,26-/m1/s1. The summed E-state index contributed by atoms with van der Waals surface area (Å²) >= 11 is 0. The monoisotopic (exact) mass is 477 g/mol. The Bertz CT molecular complexity index is 1530. The van der Waals surface area contributed by atoms with Crippen LogP contribution in [0, 0.1) is 28.4 Å². The van der Waals surface area contributed by atoms with E-state index >= 15 is 0 Å². The highest BCUT2D eigenvalue weighted by Gasteiger charge is 2.45. The van der Waals surface area contributed by atoms with Gasteiger partial charge in [0.25, 0.3) is 0 Å². The second kappa shape index (κ2) is 7.87. The third-order valence-electron chi connectivity index (χ3n) is 7.37. The minimum Gasteiger partial charge on any atom is -0.481 e. The number of hydrogen-bond donors (Lipinski definition) is 2. The fourth-order valence-corrected chi connectivity index (χ4v) is 5.50. The average Bonchev–Trinajstić information content (AvgIpc) is 3.50. The van der Waals surface area contributed by atoms with Crippen LogP contribution in [-0.2, 0) is 10.2 Å². The summed E-state index contributed by atoms with van der Waals surface area (Å²) in [5, 5.41) is 27.2. The van der Waals surface area contributed by atoms with Crippen molar-refractivity contribution in [2.24, 2.45) is 5.41 Å². The Hall–Kier alpha value is -3.80. The highest BCUT2D eigenvalue weighted by molar-refractivity contribution is 5.94. The Labute approximate surface area is 200 Å². The number of H-pyrrole nitrogens is 1. The number of carboxylic acid groups (broad SMARTS) is 1. The number of aliphatic carboxylic acids is 1. The van der Waals surface area contributed by atoms with Gasteiger partial charge in [-0.05, 0) is 50.3 Å². The van der Waals surface area contributed by atoms with Gasteiger partial charge in [0, 0.05) is 40.2 Å². The van der Waals surface area contributed by atoms with Crippen molar-refractivity contribution in [1.29, 1.82) is 5.26 Å². The number of halogens is 2. The molecule has 2 atom stereocenters. The van der Waals surface area contributed by atoms with Crippen molar-refractivity contribution in [1.82, 2.24) is 19.7 Å². The van der Waals surface area contributed by atoms with Crippen LogP contribution in [0.1, 0.15) is 63.6 Å². The number of carbonyl (C=O) groups is 1. The van der Waals surface area contributed by atoms with Crippen LogP contribution in [0.15, 0.2) is 30.5 Å². The lowest BCUT2D eigenvalue weighted by Crippen LogP contribution is -2.25. The number of nitrogens with one attached hydrogen (secondary N) is 1. The van der Waals surface area contributed by atoms with Gasteiger partial charge >= 0.3 is 5.97 Å². The summed E-state index contributed by atoms with van der Waals surface area (Å²) < 4.78 is 30.1. The van der Waals surface area contributed by atoms with Gasteiger partial charge in [0.1, 0.15) is 0 Å². The van der Waals surface area contributed by atoms with Gasteiger partial charge in [0.05, 0.1) is 28.7 Å². The SMILES string of the molecule is CC(C)(CC#N)c1c([C@@H]2CC[C@@](C)(C(=O)O)C2)c2nc3[nH]ncc3cc2n1-c1ccc(F)c(F)c1. The molecular weight excluding hydrogens is 452 g/mol. The van der Waals surface area contributed by atoms with Crippen LogP contribution in [0.25, 0.3) is 27.8 Å². The molecule has 7 nitrogen and oxygen atoms in total. The molecule has 0 bridgehead atoms. The summed E-state index contributed by atoms with van der Waals surface area (Å²) in [6.45, 7) is 5.62. The molecule has 3 aromatic heterocycles. The number of benzene rings is 1. The van der Waals surface area contributed by atoms with Crippen LogP contribution >= 0.6 is 0 Å². The van der Waals surface area contributed by atoms with Crippen LogP contribution in [0.4, 0.5) is 8.78 Å². The largest absolute Gasteiger partial charge is 0.481 e. The predicted molar refractivity (Wildman–Crippen MR) is 126 cm³/mol. The van der Waals surface area contributed by atoms with Crippen molar-refractivity contribution >= 4 is 28.0 Å². The van der Waals surface area contributed by atoms with E-state index in [1.807, 2.05) is 24.5 Å². The molecule has 0 aliphatic heterocycles. The fraction of sp³-hybridized carbons (Fsp3) is 0.385. The van der Waals surface area contributed by atoms with Gasteiger partial charge in [-0.3, -0.25) is 9.89 Å². The molecule has 1 aliphatic carbocycles. The van der Waals surface area contributed by atoms with Crippen molar-refractivity contribution < 1.29 is 18.7 Å². The van der Waals surface area contributed by atoms with E-state index in [1.54, 1.807) is 13.1 Å². The Balaban J connectivity index is 1.89. The number of carboxylic acids is 1. The molecule has 0 saturated heterocycles. The van der Waals surface area contributed by atoms with Crippen LogP contribution < -0.4 is 0 Å². The number of rotatable bonds is 5. The summed E-state index contributed by atoms with van der Waals surface area (Å²) in [6.07, 6.45) is 3.37. The molecule has 5 rings (SSSR count). The molecule has 0 amide bonds. The minimum absolute atomic E-state index is 0.133. The molecule has 1 saturated carbocycles. The molecular formula is C26H25F2N5O2. The lowest BCUT2D eigenvalue weighted by molar-refractivity contribution is -0.147. The molecule has 2 N–H and O–H groups in total. The van der Waals surface area contributed by atoms with Crippen molar-refractivity contribution in [2.45, 2.75) is 57.8 Å². The second-order valence-corrected chi connectivity index (χ2v) is 10.4. The molecule has 180 valence electrons. The van der Waals surface area contributed by atoms with Gasteiger partial charge in [-0.1, -0.05) is 13.8 Å². The maximum atomic E-state index is 14.4. The van der Waals surface area contributed by atoms with Gasteiger partial charge in [-0.25, -0.2) is 13.8 Å². The van der Waals surface area contributed by atoms with Gasteiger partial charge in [0.15, 0.2) is 17.3 Å². The molecule has 3 heterocycles. The van der Waals surface area contributed by atoms with Crippen LogP contribution in [-0.4, -0.2) is 30.8 Å². The fourth-order valence-electron chi connectivity index (χ4n) is 5.50. The van der Waals surface area contributed by atoms with Gasteiger partial charge in [-0.2, -0.15) is 10.4 Å². The molecule has 0 unspecified atom stereocenters. The first-order chi connectivity index (χ1) is 16.6. The smallest absolute Gasteiger partial charge is 0.309 e. The molecule has 1 aromatic carbocycles. The van der Waals surface area contributed by atoms with E-state index in [9.17, 15) is 23.9 Å². The van der Waals surface area contributed by atoms with Gasteiger partial charge in [0.2, 0.25) is 0 Å². The van der Waals surface area contributed by atoms with Crippen molar-refractivity contribution in [2.75, 3.05) is 0 Å². The maximum Gasteiger partial charge on any atom is 0.309 e. The van der Waals surface area contributed by atoms with Crippen molar-refractivity contribution in [3.8, 4) is 11.8 Å². The lowest BCUT2D eigenvalue weighted by atomic mass is 9.79. The Morgan fingerprint density at radius 3 is 2.77 bits per heavy atom. The zero-order valence-electron chi connectivity index (χ0n) is 19.7. The van der Waals surface area contributed by atoms with E-state index in [1.165, 1.54) is 6.07 Å². The van der Waals surface area contributed by atoms with Crippen LogP contribution in [0.5, 0.6) is 0 Å². The van der Waals surface area contributed by atoms with E-state index in [4.69, 9.17) is 4.98 Å². The number of aromatic amines is 1. The third kappa shape index (κ3) is 3.55. The van der Waals surface area contributed by atoms with Gasteiger partial charge < -0.3 is 9.67 Å². The first kappa shape index (κ1) is 23.0. The van der Waals surface area contributed by atoms with E-state index in [2.05, 4.69) is 16.3 Å². The van der Waals surface area contributed by atoms with Crippen molar-refractivity contribution in [3.05, 3.63) is 53.4 Å². The van der Waals surface area contributed by atoms with E-state index in [0.29, 0.717) is 41.6 Å². The summed E-state index contributed by atoms with van der Waals surface area (Å²) in [6, 6.07) is 7.87. The number of nitriles is 1. The first-order valence-corrected chi connectivity index (χ1v) is 11.5. The topological polar surface area (TPSA) is 108 Å². The summed E-state index contributed by atoms with van der Waals surface area (Å²) in [5.41, 5.74) is 2.34. The minimum atomic E-state index is -0.980. The summed E-state index contributed by atoms with van der Waals surface area (Å²) in [4.78, 5) is 16.9. The third-order valence-corrected chi connectivity index (χ3v) is 7.37. The van der Waals surface area contributed by atoms with E-state index < -0.39 is 28.4 Å². The number of fused-ring (bicyclic) bond motifs is 2. The highest BCUT2D eigenvalue weighted by Crippen LogP contribution is 2.52. The molecule has 9 heteroatoms. The Morgan fingerprint density at radius 2 is 2.11 bits per heavy atom. The van der Waals surface area contributed by atoms with Crippen LogP contribution in [0.3, 0.4) is 0 Å². The molecule has 4 aromatic rings. The van der Waals surface area contributed by atoms with E-state index in [-0.39, 0.29) is 12.3 Å². The first-order valence-electron chi connectivity index (χ1n) is 11.5. The predicted octanol–water partition coefficient (Wildman–Crippen LogP) is 5.73. The maximum absolute atomic E-state index is 14.4. The summed E-state index contributed by atoms with van der Waals surface area (Å²) in [7, 11) is 0. The quantitative estimate of drug-likeness (QED) is 0.382.